The van der Waals surface area contributed by atoms with Crippen molar-refractivity contribution in [2.24, 2.45) is 5.18 Å². The summed E-state index contributed by atoms with van der Waals surface area (Å²) in [5.41, 5.74) is 0. The normalized spacial score (nSPS) is 15.6. The molecule has 0 aromatic carbocycles. The number of hydrogen-bond acceptors (Lipinski definition) is 3. The highest BCUT2D eigenvalue weighted by Gasteiger charge is 2.00. The highest BCUT2D eigenvalue weighted by molar-refractivity contribution is 4.58. The Morgan fingerprint density at radius 3 is 2.25 bits per heavy atom. The van der Waals surface area contributed by atoms with Crippen molar-refractivity contribution < 1.29 is 5.11 Å². The molecule has 0 rings (SSSR count). The molecule has 0 saturated carbocycles. The zero-order valence-electron chi connectivity index (χ0n) is 7.99. The van der Waals surface area contributed by atoms with Crippen LogP contribution in [0.25, 0.3) is 0 Å². The molecule has 0 heterocycles. The molecule has 2 atom stereocenters. The fourth-order valence-corrected chi connectivity index (χ4v) is 1.11. The first-order valence-corrected chi connectivity index (χ1v) is 4.67. The van der Waals surface area contributed by atoms with Gasteiger partial charge in [0.1, 0.15) is 0 Å². The third-order valence-corrected chi connectivity index (χ3v) is 1.92. The number of aliphatic hydroxyl groups is 1. The van der Waals surface area contributed by atoms with Gasteiger partial charge in [-0.1, -0.05) is 24.4 Å². The maximum Gasteiger partial charge on any atom is 0.0891 e. The van der Waals surface area contributed by atoms with Gasteiger partial charge in [0, 0.05) is 0 Å². The third-order valence-electron chi connectivity index (χ3n) is 1.92. The Morgan fingerprint density at radius 1 is 1.17 bits per heavy atom. The Hall–Kier alpha value is -0.440. The van der Waals surface area contributed by atoms with Gasteiger partial charge in [-0.2, -0.15) is 4.91 Å². The predicted molar refractivity (Wildman–Crippen MR) is 50.0 cm³/mol. The van der Waals surface area contributed by atoms with Crippen LogP contribution in [0.4, 0.5) is 0 Å². The number of nitroso groups, excluding NO2 is 1. The van der Waals surface area contributed by atoms with Crippen molar-refractivity contribution in [1.29, 1.82) is 0 Å². The van der Waals surface area contributed by atoms with Crippen molar-refractivity contribution in [3.8, 4) is 0 Å². The average molecular weight is 173 g/mol. The first-order chi connectivity index (χ1) is 5.66. The minimum Gasteiger partial charge on any atom is -0.393 e. The Balaban J connectivity index is 3.05. The van der Waals surface area contributed by atoms with Gasteiger partial charge in [-0.25, -0.2) is 0 Å². The zero-order chi connectivity index (χ0) is 9.40. The van der Waals surface area contributed by atoms with Crippen molar-refractivity contribution in [3.63, 3.8) is 0 Å². The summed E-state index contributed by atoms with van der Waals surface area (Å²) in [4.78, 5) is 9.99. The molecular formula is C9H19NO2. The molecular weight excluding hydrogens is 154 g/mol. The number of nitrogens with zero attached hydrogens (tertiary/aromatic N) is 1. The molecule has 0 bridgehead atoms. The van der Waals surface area contributed by atoms with Crippen molar-refractivity contribution >= 4 is 0 Å². The van der Waals surface area contributed by atoms with Crippen LogP contribution in [0.2, 0.25) is 0 Å². The van der Waals surface area contributed by atoms with E-state index in [1.807, 2.05) is 6.92 Å². The van der Waals surface area contributed by atoms with E-state index in [4.69, 9.17) is 5.11 Å². The average Bonchev–Trinajstić information content (AvgIpc) is 2.03. The van der Waals surface area contributed by atoms with E-state index < -0.39 is 0 Å². The highest BCUT2D eigenvalue weighted by Crippen LogP contribution is 2.08. The largest absolute Gasteiger partial charge is 0.393 e. The molecule has 1 N–H and O–H groups in total. The quantitative estimate of drug-likeness (QED) is 0.475. The summed E-state index contributed by atoms with van der Waals surface area (Å²) in [5.74, 6) is 0. The van der Waals surface area contributed by atoms with Crippen molar-refractivity contribution in [2.75, 3.05) is 0 Å². The molecule has 0 aliphatic heterocycles. The lowest BCUT2D eigenvalue weighted by molar-refractivity contribution is 0.180. The van der Waals surface area contributed by atoms with Gasteiger partial charge in [-0.05, 0) is 26.7 Å². The number of rotatable bonds is 7. The van der Waals surface area contributed by atoms with E-state index in [9.17, 15) is 4.91 Å². The van der Waals surface area contributed by atoms with Crippen molar-refractivity contribution in [1.82, 2.24) is 0 Å². The van der Waals surface area contributed by atoms with Gasteiger partial charge in [-0.15, -0.1) is 0 Å². The van der Waals surface area contributed by atoms with Crippen LogP contribution in [0, 0.1) is 4.91 Å². The maximum absolute atomic E-state index is 9.99. The Labute approximate surface area is 74.1 Å². The smallest absolute Gasteiger partial charge is 0.0891 e. The molecule has 0 saturated heterocycles. The summed E-state index contributed by atoms with van der Waals surface area (Å²) in [6.45, 7) is 3.64. The van der Waals surface area contributed by atoms with Gasteiger partial charge in [0.25, 0.3) is 0 Å². The summed E-state index contributed by atoms with van der Waals surface area (Å²) >= 11 is 0. The molecule has 0 aromatic heterocycles. The topological polar surface area (TPSA) is 49.7 Å². The summed E-state index contributed by atoms with van der Waals surface area (Å²) < 4.78 is 0. The molecule has 0 fully saturated rings. The molecule has 3 nitrogen and oxygen atoms in total. The highest BCUT2D eigenvalue weighted by atomic mass is 16.3. The Morgan fingerprint density at radius 2 is 1.75 bits per heavy atom. The first-order valence-electron chi connectivity index (χ1n) is 4.67. The van der Waals surface area contributed by atoms with Gasteiger partial charge in [0.15, 0.2) is 0 Å². The lowest BCUT2D eigenvalue weighted by Gasteiger charge is -2.04. The van der Waals surface area contributed by atoms with Crippen LogP contribution in [0.5, 0.6) is 0 Å². The zero-order valence-corrected chi connectivity index (χ0v) is 7.99. The van der Waals surface area contributed by atoms with Gasteiger partial charge < -0.3 is 5.11 Å². The van der Waals surface area contributed by atoms with Crippen LogP contribution >= 0.6 is 0 Å². The SMILES string of the molecule is CC(CCCCC[C@H](C)O)N=O. The van der Waals surface area contributed by atoms with Crippen molar-refractivity contribution in [3.05, 3.63) is 4.91 Å². The molecule has 0 spiro atoms. The Kier molecular flexibility index (Phi) is 6.96. The molecule has 0 amide bonds. The standard InChI is InChI=1S/C9H19NO2/c1-8(10-12)6-4-3-5-7-9(2)11/h8-9,11H,3-7H2,1-2H3/t8?,9-/m0/s1. The second kappa shape index (κ2) is 7.22. The number of aliphatic hydroxyl groups excluding tert-OH is 1. The molecule has 72 valence electrons. The molecule has 0 aromatic rings. The second-order valence-corrected chi connectivity index (χ2v) is 3.44. The van der Waals surface area contributed by atoms with Gasteiger partial charge in [0.05, 0.1) is 12.1 Å². The molecule has 12 heavy (non-hydrogen) atoms. The monoisotopic (exact) mass is 173 g/mol. The van der Waals surface area contributed by atoms with Gasteiger partial charge in [0.2, 0.25) is 0 Å². The lowest BCUT2D eigenvalue weighted by Crippen LogP contribution is -1.99. The molecule has 1 unspecified atom stereocenters. The maximum atomic E-state index is 9.99. The van der Waals surface area contributed by atoms with Gasteiger partial charge in [-0.3, -0.25) is 0 Å². The van der Waals surface area contributed by atoms with Crippen molar-refractivity contribution in [2.45, 2.75) is 58.1 Å². The first kappa shape index (κ1) is 11.6. The molecule has 3 heteroatoms. The van der Waals surface area contributed by atoms with E-state index in [1.165, 1.54) is 0 Å². The predicted octanol–water partition coefficient (Wildman–Crippen LogP) is 2.47. The minimum absolute atomic E-state index is 0.0449. The van der Waals surface area contributed by atoms with Crippen LogP contribution in [0.3, 0.4) is 0 Å². The summed E-state index contributed by atoms with van der Waals surface area (Å²) in [6, 6.07) is -0.0449. The lowest BCUT2D eigenvalue weighted by atomic mass is 10.1. The molecule has 0 aliphatic carbocycles. The summed E-state index contributed by atoms with van der Waals surface area (Å²) in [5, 5.41) is 11.9. The summed E-state index contributed by atoms with van der Waals surface area (Å²) in [6.07, 6.45) is 4.73. The van der Waals surface area contributed by atoms with E-state index in [0.717, 1.165) is 32.1 Å². The van der Waals surface area contributed by atoms with Crippen LogP contribution in [0.1, 0.15) is 46.0 Å². The fraction of sp³-hybridized carbons (Fsp3) is 1.00. The van der Waals surface area contributed by atoms with Crippen LogP contribution in [0.15, 0.2) is 5.18 Å². The number of hydrogen-bond donors (Lipinski definition) is 1. The van der Waals surface area contributed by atoms with Gasteiger partial charge >= 0.3 is 0 Å². The van der Waals surface area contributed by atoms with E-state index in [-0.39, 0.29) is 12.1 Å². The fourth-order valence-electron chi connectivity index (χ4n) is 1.11. The molecule has 0 aliphatic rings. The van der Waals surface area contributed by atoms with E-state index in [2.05, 4.69) is 5.18 Å². The Bertz CT molecular complexity index is 115. The van der Waals surface area contributed by atoms with E-state index in [1.54, 1.807) is 6.92 Å². The van der Waals surface area contributed by atoms with Crippen LogP contribution < -0.4 is 0 Å². The minimum atomic E-state index is -0.188. The third kappa shape index (κ3) is 7.66. The molecule has 0 radical (unpaired) electrons. The summed E-state index contributed by atoms with van der Waals surface area (Å²) in [7, 11) is 0. The van der Waals surface area contributed by atoms with E-state index >= 15 is 0 Å². The van der Waals surface area contributed by atoms with Crippen LogP contribution in [-0.2, 0) is 0 Å². The number of unbranched alkanes of at least 4 members (excludes halogenated alkanes) is 2. The van der Waals surface area contributed by atoms with Crippen LogP contribution in [-0.4, -0.2) is 17.3 Å². The second-order valence-electron chi connectivity index (χ2n) is 3.44. The van der Waals surface area contributed by atoms with E-state index in [0.29, 0.717) is 0 Å².